The Balaban J connectivity index is 2.51. The minimum atomic E-state index is 0.605. The second kappa shape index (κ2) is 8.32. The van der Waals surface area contributed by atoms with Crippen molar-refractivity contribution in [3.05, 3.63) is 10.8 Å². The van der Waals surface area contributed by atoms with Crippen LogP contribution >= 0.6 is 15.9 Å². The van der Waals surface area contributed by atoms with Gasteiger partial charge in [-0.1, -0.05) is 6.92 Å². The highest BCUT2D eigenvalue weighted by molar-refractivity contribution is 9.10. The first-order valence-corrected chi connectivity index (χ1v) is 7.57. The minimum absolute atomic E-state index is 0.605. The molecule has 1 heterocycles. The zero-order chi connectivity index (χ0) is 14.3. The number of likely N-dealkylation sites (N-methyl/N-ethyl adjacent to an activating group) is 1. The van der Waals surface area contributed by atoms with Gasteiger partial charge in [-0.3, -0.25) is 0 Å². The number of halogens is 1. The van der Waals surface area contributed by atoms with Crippen LogP contribution in [0.4, 0.5) is 11.6 Å². The number of rotatable bonds is 8. The van der Waals surface area contributed by atoms with E-state index in [9.17, 15) is 0 Å². The van der Waals surface area contributed by atoms with Crippen molar-refractivity contribution in [3.8, 4) is 0 Å². The molecule has 0 aliphatic heterocycles. The van der Waals surface area contributed by atoms with Crippen molar-refractivity contribution < 1.29 is 0 Å². The molecular weight excluding hydrogens is 306 g/mol. The van der Waals surface area contributed by atoms with Gasteiger partial charge in [-0.25, -0.2) is 9.97 Å². The smallest absolute Gasteiger partial charge is 0.145 e. The Morgan fingerprint density at radius 3 is 2.47 bits per heavy atom. The molecule has 1 unspecified atom stereocenters. The predicted octanol–water partition coefficient (Wildman–Crippen LogP) is 2.81. The highest BCUT2D eigenvalue weighted by atomic mass is 79.9. The molecule has 19 heavy (non-hydrogen) atoms. The lowest BCUT2D eigenvalue weighted by Crippen LogP contribution is -2.32. The zero-order valence-electron chi connectivity index (χ0n) is 12.2. The monoisotopic (exact) mass is 329 g/mol. The molecule has 5 nitrogen and oxygen atoms in total. The molecule has 0 spiro atoms. The first kappa shape index (κ1) is 16.2. The Hall–Kier alpha value is -0.880. The van der Waals surface area contributed by atoms with Crippen LogP contribution in [0, 0.1) is 0 Å². The first-order chi connectivity index (χ1) is 9.10. The first-order valence-electron chi connectivity index (χ1n) is 6.78. The summed E-state index contributed by atoms with van der Waals surface area (Å²) < 4.78 is 0.892. The average Bonchev–Trinajstić information content (AvgIpc) is 2.42. The van der Waals surface area contributed by atoms with E-state index in [1.54, 1.807) is 6.33 Å². The van der Waals surface area contributed by atoms with Crippen LogP contribution in [0.1, 0.15) is 27.2 Å². The lowest BCUT2D eigenvalue weighted by molar-refractivity contribution is 0.261. The van der Waals surface area contributed by atoms with E-state index in [2.05, 4.69) is 62.3 Å². The SMILES string of the molecule is CCNc1ncnc(NCCN(C)C(C)CC)c1Br. The van der Waals surface area contributed by atoms with E-state index in [0.29, 0.717) is 6.04 Å². The van der Waals surface area contributed by atoms with Crippen LogP contribution in [0.5, 0.6) is 0 Å². The van der Waals surface area contributed by atoms with Crippen LogP contribution in [-0.2, 0) is 0 Å². The fourth-order valence-corrected chi connectivity index (χ4v) is 2.15. The molecule has 108 valence electrons. The molecule has 0 saturated heterocycles. The lowest BCUT2D eigenvalue weighted by Gasteiger charge is -2.23. The highest BCUT2D eigenvalue weighted by Crippen LogP contribution is 2.26. The van der Waals surface area contributed by atoms with Crippen LogP contribution in [0.3, 0.4) is 0 Å². The van der Waals surface area contributed by atoms with Gasteiger partial charge in [0.05, 0.1) is 0 Å². The second-order valence-electron chi connectivity index (χ2n) is 4.58. The molecule has 2 N–H and O–H groups in total. The van der Waals surface area contributed by atoms with Gasteiger partial charge in [0.1, 0.15) is 22.4 Å². The third kappa shape index (κ3) is 4.95. The van der Waals surface area contributed by atoms with Crippen molar-refractivity contribution in [1.29, 1.82) is 0 Å². The summed E-state index contributed by atoms with van der Waals surface area (Å²) in [6.45, 7) is 9.18. The van der Waals surface area contributed by atoms with E-state index in [0.717, 1.165) is 42.2 Å². The summed E-state index contributed by atoms with van der Waals surface area (Å²) in [5.41, 5.74) is 0. The fraction of sp³-hybridized carbons (Fsp3) is 0.692. The molecule has 1 aromatic rings. The number of anilines is 2. The zero-order valence-corrected chi connectivity index (χ0v) is 13.8. The van der Waals surface area contributed by atoms with Crippen molar-refractivity contribution in [3.63, 3.8) is 0 Å². The van der Waals surface area contributed by atoms with Gasteiger partial charge in [0.25, 0.3) is 0 Å². The molecule has 0 radical (unpaired) electrons. The van der Waals surface area contributed by atoms with Crippen LogP contribution in [0.2, 0.25) is 0 Å². The Bertz CT molecular complexity index is 385. The average molecular weight is 330 g/mol. The summed E-state index contributed by atoms with van der Waals surface area (Å²) in [4.78, 5) is 10.8. The molecule has 0 aliphatic carbocycles. The number of nitrogens with zero attached hydrogens (tertiary/aromatic N) is 3. The second-order valence-corrected chi connectivity index (χ2v) is 5.37. The molecule has 1 aromatic heterocycles. The summed E-state index contributed by atoms with van der Waals surface area (Å²) in [6.07, 6.45) is 2.74. The summed E-state index contributed by atoms with van der Waals surface area (Å²) in [7, 11) is 2.15. The van der Waals surface area contributed by atoms with Crippen LogP contribution in [0.15, 0.2) is 10.8 Å². The predicted molar refractivity (Wildman–Crippen MR) is 84.8 cm³/mol. The molecule has 0 saturated carbocycles. The van der Waals surface area contributed by atoms with Crippen molar-refractivity contribution in [2.45, 2.75) is 33.2 Å². The molecule has 0 amide bonds. The summed E-state index contributed by atoms with van der Waals surface area (Å²) in [5, 5.41) is 6.54. The summed E-state index contributed by atoms with van der Waals surface area (Å²) in [5.74, 6) is 1.67. The van der Waals surface area contributed by atoms with Crippen LogP contribution in [-0.4, -0.2) is 47.6 Å². The van der Waals surface area contributed by atoms with E-state index in [4.69, 9.17) is 0 Å². The number of aromatic nitrogens is 2. The Kier molecular flexibility index (Phi) is 7.09. The molecule has 0 aromatic carbocycles. The van der Waals surface area contributed by atoms with Gasteiger partial charge in [0, 0.05) is 25.7 Å². The van der Waals surface area contributed by atoms with Gasteiger partial charge in [-0.15, -0.1) is 0 Å². The van der Waals surface area contributed by atoms with Crippen molar-refractivity contribution in [2.24, 2.45) is 0 Å². The van der Waals surface area contributed by atoms with E-state index in [1.165, 1.54) is 0 Å². The third-order valence-corrected chi connectivity index (χ3v) is 3.99. The molecule has 0 bridgehead atoms. The Morgan fingerprint density at radius 1 is 1.26 bits per heavy atom. The number of hydrogen-bond donors (Lipinski definition) is 2. The van der Waals surface area contributed by atoms with Crippen molar-refractivity contribution in [2.75, 3.05) is 37.3 Å². The molecule has 1 atom stereocenters. The minimum Gasteiger partial charge on any atom is -0.369 e. The van der Waals surface area contributed by atoms with Gasteiger partial charge in [-0.05, 0) is 43.2 Å². The molecular formula is C13H24BrN5. The fourth-order valence-electron chi connectivity index (χ4n) is 1.67. The van der Waals surface area contributed by atoms with E-state index in [-0.39, 0.29) is 0 Å². The van der Waals surface area contributed by atoms with Crippen molar-refractivity contribution >= 4 is 27.6 Å². The Labute approximate surface area is 124 Å². The maximum absolute atomic E-state index is 4.26. The standard InChI is InChI=1S/C13H24BrN5/c1-5-10(3)19(4)8-7-16-13-11(14)12(15-6-2)17-9-18-13/h9-10H,5-8H2,1-4H3,(H2,15,16,17,18). The van der Waals surface area contributed by atoms with E-state index in [1.807, 2.05) is 6.92 Å². The third-order valence-electron chi connectivity index (χ3n) is 3.23. The number of nitrogens with one attached hydrogen (secondary N) is 2. The lowest BCUT2D eigenvalue weighted by atomic mass is 10.2. The Morgan fingerprint density at radius 2 is 1.89 bits per heavy atom. The van der Waals surface area contributed by atoms with Crippen LogP contribution < -0.4 is 10.6 Å². The summed E-state index contributed by atoms with van der Waals surface area (Å²) >= 11 is 3.53. The number of hydrogen-bond acceptors (Lipinski definition) is 5. The molecule has 6 heteroatoms. The summed E-state index contributed by atoms with van der Waals surface area (Å²) in [6, 6.07) is 0.605. The van der Waals surface area contributed by atoms with E-state index >= 15 is 0 Å². The van der Waals surface area contributed by atoms with Gasteiger partial charge < -0.3 is 15.5 Å². The maximum atomic E-state index is 4.26. The maximum Gasteiger partial charge on any atom is 0.145 e. The van der Waals surface area contributed by atoms with Gasteiger partial charge in [0.15, 0.2) is 0 Å². The normalized spacial score (nSPS) is 12.5. The topological polar surface area (TPSA) is 53.1 Å². The largest absolute Gasteiger partial charge is 0.369 e. The molecule has 0 aliphatic rings. The molecule has 0 fully saturated rings. The van der Waals surface area contributed by atoms with Crippen molar-refractivity contribution in [1.82, 2.24) is 14.9 Å². The van der Waals surface area contributed by atoms with E-state index < -0.39 is 0 Å². The highest BCUT2D eigenvalue weighted by Gasteiger charge is 2.09. The van der Waals surface area contributed by atoms with Gasteiger partial charge in [0.2, 0.25) is 0 Å². The van der Waals surface area contributed by atoms with Gasteiger partial charge in [-0.2, -0.15) is 0 Å². The van der Waals surface area contributed by atoms with Gasteiger partial charge >= 0.3 is 0 Å². The van der Waals surface area contributed by atoms with Crippen LogP contribution in [0.25, 0.3) is 0 Å². The quantitative estimate of drug-likeness (QED) is 0.768. The molecule has 1 rings (SSSR count).